The zero-order chi connectivity index (χ0) is 14.3. The molecule has 1 rings (SSSR count). The molecule has 2 amide bonds. The van der Waals surface area contributed by atoms with Crippen molar-refractivity contribution >= 4 is 12.0 Å². The summed E-state index contributed by atoms with van der Waals surface area (Å²) in [6.45, 7) is 5.21. The first-order valence-corrected chi connectivity index (χ1v) is 6.71. The summed E-state index contributed by atoms with van der Waals surface area (Å²) in [6, 6.07) is -0.118. The third kappa shape index (κ3) is 3.88. The van der Waals surface area contributed by atoms with Gasteiger partial charge in [0.1, 0.15) is 0 Å². The van der Waals surface area contributed by atoms with Crippen LogP contribution in [0.2, 0.25) is 0 Å². The summed E-state index contributed by atoms with van der Waals surface area (Å²) in [4.78, 5) is 24.8. The molecule has 0 spiro atoms. The second kappa shape index (κ2) is 7.03. The molecule has 0 radical (unpaired) electrons. The van der Waals surface area contributed by atoms with Gasteiger partial charge in [-0.25, -0.2) is 4.79 Å². The van der Waals surface area contributed by atoms with Crippen LogP contribution < -0.4 is 5.32 Å². The van der Waals surface area contributed by atoms with Crippen LogP contribution in [0.25, 0.3) is 0 Å². The van der Waals surface area contributed by atoms with Crippen molar-refractivity contribution in [1.29, 1.82) is 0 Å². The zero-order valence-corrected chi connectivity index (χ0v) is 11.7. The molecular weight excluding hydrogens is 244 g/mol. The summed E-state index contributed by atoms with van der Waals surface area (Å²) in [5.41, 5.74) is -0.648. The first-order chi connectivity index (χ1) is 9.05. The lowest BCUT2D eigenvalue weighted by molar-refractivity contribution is -0.151. The third-order valence-electron chi connectivity index (χ3n) is 3.84. The number of aliphatic carboxylic acids is 1. The Hall–Kier alpha value is -1.70. The molecule has 1 fully saturated rings. The number of nitrogens with zero attached hydrogens (tertiary/aromatic N) is 1. The number of carboxylic acids is 1. The van der Waals surface area contributed by atoms with Gasteiger partial charge < -0.3 is 15.3 Å². The maximum atomic E-state index is 11.8. The molecule has 0 aromatic rings. The summed E-state index contributed by atoms with van der Waals surface area (Å²) in [5, 5.41) is 12.1. The molecule has 0 aromatic carbocycles. The topological polar surface area (TPSA) is 69.6 Å². The lowest BCUT2D eigenvalue weighted by Crippen LogP contribution is -2.49. The van der Waals surface area contributed by atoms with E-state index in [1.54, 1.807) is 11.8 Å². The number of nitrogens with one attached hydrogen (secondary N) is 1. The highest BCUT2D eigenvalue weighted by atomic mass is 16.4. The van der Waals surface area contributed by atoms with Gasteiger partial charge in [0, 0.05) is 26.1 Å². The van der Waals surface area contributed by atoms with Crippen LogP contribution in [0, 0.1) is 17.3 Å². The van der Waals surface area contributed by atoms with Crippen LogP contribution in [0.5, 0.6) is 0 Å². The molecule has 0 atom stereocenters. The fourth-order valence-electron chi connectivity index (χ4n) is 2.33. The molecule has 0 aliphatic carbocycles. The Balaban J connectivity index is 2.42. The van der Waals surface area contributed by atoms with Gasteiger partial charge in [-0.2, -0.15) is 0 Å². The Kier molecular flexibility index (Phi) is 5.68. The molecule has 0 aromatic heterocycles. The van der Waals surface area contributed by atoms with Crippen molar-refractivity contribution in [2.24, 2.45) is 5.41 Å². The predicted molar refractivity (Wildman–Crippen MR) is 72.6 cm³/mol. The number of carbonyl (C=O) groups excluding carboxylic acids is 1. The molecule has 5 nitrogen and oxygen atoms in total. The molecule has 0 bridgehead atoms. The summed E-state index contributed by atoms with van der Waals surface area (Å²) in [6.07, 6.45) is 2.32. The summed E-state index contributed by atoms with van der Waals surface area (Å²) in [5.74, 6) is 4.91. The van der Waals surface area contributed by atoms with Crippen LogP contribution in [0.15, 0.2) is 0 Å². The smallest absolute Gasteiger partial charge is 0.317 e. The number of amides is 2. The first-order valence-electron chi connectivity index (χ1n) is 6.71. The number of carboxylic acid groups (broad SMARTS) is 1. The maximum absolute atomic E-state index is 11.8. The van der Waals surface area contributed by atoms with Crippen LogP contribution in [-0.4, -0.2) is 41.6 Å². The fraction of sp³-hybridized carbons (Fsp3) is 0.714. The number of urea groups is 1. The Morgan fingerprint density at radius 1 is 1.37 bits per heavy atom. The van der Waals surface area contributed by atoms with Crippen molar-refractivity contribution in [3.8, 4) is 11.8 Å². The van der Waals surface area contributed by atoms with E-state index in [0.717, 1.165) is 0 Å². The molecule has 1 heterocycles. The van der Waals surface area contributed by atoms with Crippen molar-refractivity contribution in [1.82, 2.24) is 10.2 Å². The van der Waals surface area contributed by atoms with E-state index in [9.17, 15) is 14.7 Å². The number of piperidine rings is 1. The standard InChI is InChI=1S/C14H22N2O3/c1-3-5-6-9-15-13(19)16-10-7-14(4-2,8-11-16)12(17)18/h4,6-11H2,1-2H3,(H,15,19)(H,17,18). The van der Waals surface area contributed by atoms with Crippen molar-refractivity contribution < 1.29 is 14.7 Å². The largest absolute Gasteiger partial charge is 0.481 e. The van der Waals surface area contributed by atoms with E-state index in [0.29, 0.717) is 45.3 Å². The average Bonchev–Trinajstić information content (AvgIpc) is 2.43. The summed E-state index contributed by atoms with van der Waals surface area (Å²) in [7, 11) is 0. The minimum Gasteiger partial charge on any atom is -0.481 e. The molecule has 1 aliphatic rings. The number of likely N-dealkylation sites (tertiary alicyclic amines) is 1. The van der Waals surface area contributed by atoms with Crippen molar-refractivity contribution in [3.63, 3.8) is 0 Å². The van der Waals surface area contributed by atoms with Crippen molar-refractivity contribution in [2.45, 2.75) is 39.5 Å². The normalized spacial score (nSPS) is 17.3. The molecule has 1 aliphatic heterocycles. The zero-order valence-electron chi connectivity index (χ0n) is 11.7. The van der Waals surface area contributed by atoms with E-state index in [1.165, 1.54) is 0 Å². The second-order valence-electron chi connectivity index (χ2n) is 4.83. The summed E-state index contributed by atoms with van der Waals surface area (Å²) >= 11 is 0. The molecule has 0 unspecified atom stereocenters. The van der Waals surface area contributed by atoms with Gasteiger partial charge in [0.15, 0.2) is 0 Å². The Morgan fingerprint density at radius 2 is 2.00 bits per heavy atom. The van der Waals surface area contributed by atoms with E-state index in [4.69, 9.17) is 0 Å². The number of hydrogen-bond acceptors (Lipinski definition) is 2. The first kappa shape index (κ1) is 15.4. The van der Waals surface area contributed by atoms with Gasteiger partial charge in [-0.3, -0.25) is 4.79 Å². The number of rotatable bonds is 4. The van der Waals surface area contributed by atoms with E-state index >= 15 is 0 Å². The van der Waals surface area contributed by atoms with Crippen LogP contribution in [0.1, 0.15) is 39.5 Å². The quantitative estimate of drug-likeness (QED) is 0.601. The lowest BCUT2D eigenvalue weighted by Gasteiger charge is -2.38. The molecule has 0 saturated carbocycles. The number of hydrogen-bond donors (Lipinski definition) is 2. The molecule has 5 heteroatoms. The van der Waals surface area contributed by atoms with Crippen LogP contribution >= 0.6 is 0 Å². The van der Waals surface area contributed by atoms with Gasteiger partial charge in [-0.05, 0) is 26.2 Å². The van der Waals surface area contributed by atoms with Crippen molar-refractivity contribution in [3.05, 3.63) is 0 Å². The minimum atomic E-state index is -0.742. The highest BCUT2D eigenvalue weighted by Crippen LogP contribution is 2.35. The Labute approximate surface area is 114 Å². The number of carbonyl (C=O) groups is 2. The van der Waals surface area contributed by atoms with E-state index in [2.05, 4.69) is 17.2 Å². The van der Waals surface area contributed by atoms with E-state index < -0.39 is 11.4 Å². The molecular formula is C14H22N2O3. The lowest BCUT2D eigenvalue weighted by atomic mass is 9.76. The van der Waals surface area contributed by atoms with Crippen LogP contribution in [0.3, 0.4) is 0 Å². The molecule has 2 N–H and O–H groups in total. The van der Waals surface area contributed by atoms with Crippen LogP contribution in [0.4, 0.5) is 4.79 Å². The van der Waals surface area contributed by atoms with Gasteiger partial charge in [0.25, 0.3) is 0 Å². The molecule has 19 heavy (non-hydrogen) atoms. The van der Waals surface area contributed by atoms with Crippen LogP contribution in [-0.2, 0) is 4.79 Å². The van der Waals surface area contributed by atoms with Gasteiger partial charge in [-0.1, -0.05) is 6.92 Å². The van der Waals surface area contributed by atoms with Gasteiger partial charge in [-0.15, -0.1) is 11.8 Å². The SMILES string of the molecule is CC#CCCNC(=O)N1CCC(CC)(C(=O)O)CC1. The molecule has 106 valence electrons. The predicted octanol–water partition coefficient (Wildman–Crippen LogP) is 1.69. The highest BCUT2D eigenvalue weighted by molar-refractivity contribution is 5.77. The van der Waals surface area contributed by atoms with E-state index in [-0.39, 0.29) is 6.03 Å². The van der Waals surface area contributed by atoms with E-state index in [1.807, 2.05) is 6.92 Å². The third-order valence-corrected chi connectivity index (χ3v) is 3.84. The minimum absolute atomic E-state index is 0.118. The summed E-state index contributed by atoms with van der Waals surface area (Å²) < 4.78 is 0. The Morgan fingerprint density at radius 3 is 2.47 bits per heavy atom. The second-order valence-corrected chi connectivity index (χ2v) is 4.83. The highest BCUT2D eigenvalue weighted by Gasteiger charge is 2.40. The monoisotopic (exact) mass is 266 g/mol. The van der Waals surface area contributed by atoms with Gasteiger partial charge in [0.2, 0.25) is 0 Å². The fourth-order valence-corrected chi connectivity index (χ4v) is 2.33. The van der Waals surface area contributed by atoms with Gasteiger partial charge in [0.05, 0.1) is 5.41 Å². The maximum Gasteiger partial charge on any atom is 0.317 e. The molecule has 1 saturated heterocycles. The Bertz CT molecular complexity index is 387. The average molecular weight is 266 g/mol. The van der Waals surface area contributed by atoms with Gasteiger partial charge >= 0.3 is 12.0 Å². The van der Waals surface area contributed by atoms with Crippen molar-refractivity contribution in [2.75, 3.05) is 19.6 Å².